The highest BCUT2D eigenvalue weighted by Gasteiger charge is 2.72. The Kier molecular flexibility index (Phi) is 9.28. The van der Waals surface area contributed by atoms with E-state index in [0.717, 1.165) is 11.1 Å². The summed E-state index contributed by atoms with van der Waals surface area (Å²) in [5.41, 5.74) is -1.09. The predicted octanol–water partition coefficient (Wildman–Crippen LogP) is 2.59. The van der Waals surface area contributed by atoms with Crippen LogP contribution < -0.4 is 15.4 Å². The van der Waals surface area contributed by atoms with Gasteiger partial charge in [0.05, 0.1) is 17.4 Å². The molecule has 2 aliphatic carbocycles. The zero-order chi connectivity index (χ0) is 34.5. The van der Waals surface area contributed by atoms with Crippen LogP contribution in [0.25, 0.3) is 0 Å². The highest BCUT2D eigenvalue weighted by atomic mass is 16.6. The van der Waals surface area contributed by atoms with E-state index in [2.05, 4.69) is 15.5 Å². The number of phenols is 1. The fraction of sp³-hybridized carbons (Fsp3) is 0.647. The van der Waals surface area contributed by atoms with E-state index >= 15 is 0 Å². The number of hydrogen-bond donors (Lipinski definition) is 4. The number of esters is 2. The fourth-order valence-corrected chi connectivity index (χ4v) is 7.50. The summed E-state index contributed by atoms with van der Waals surface area (Å²) >= 11 is 0. The molecule has 13 nitrogen and oxygen atoms in total. The van der Waals surface area contributed by atoms with Gasteiger partial charge in [-0.1, -0.05) is 19.9 Å². The van der Waals surface area contributed by atoms with Crippen LogP contribution in [0.5, 0.6) is 11.5 Å². The van der Waals surface area contributed by atoms with Gasteiger partial charge in [0.1, 0.15) is 17.4 Å². The number of likely N-dealkylation sites (N-methyl/N-ethyl adjacent to an activating group) is 1. The summed E-state index contributed by atoms with van der Waals surface area (Å²) in [7, 11) is 1.98. The molecular weight excluding hydrogens is 610 g/mol. The normalized spacial score (nSPS) is 27.0. The SMILES string of the molecule is CC(C)CC(NC(=O)OC(C)(C)C)C(=O)NCCC(=O)OC(C)C(=O)OC1=CCC2(O)C3Cc4ccc(O)c5c4C2(CCN3C)C1O5. The minimum absolute atomic E-state index is 0.0385. The van der Waals surface area contributed by atoms with Crippen molar-refractivity contribution in [2.24, 2.45) is 5.92 Å². The Hall–Kier alpha value is -3.84. The number of piperidine rings is 1. The van der Waals surface area contributed by atoms with Gasteiger partial charge in [-0.2, -0.15) is 0 Å². The monoisotopic (exact) mass is 657 g/mol. The molecule has 1 spiro atoms. The average Bonchev–Trinajstić information content (AvgIpc) is 3.32. The minimum Gasteiger partial charge on any atom is -0.504 e. The Balaban J connectivity index is 1.18. The van der Waals surface area contributed by atoms with E-state index in [9.17, 15) is 29.4 Å². The van der Waals surface area contributed by atoms with Crippen LogP contribution in [0.3, 0.4) is 0 Å². The Labute approximate surface area is 274 Å². The van der Waals surface area contributed by atoms with Gasteiger partial charge in [-0.3, -0.25) is 9.59 Å². The van der Waals surface area contributed by atoms with Gasteiger partial charge in [-0.15, -0.1) is 0 Å². The first-order valence-electron chi connectivity index (χ1n) is 16.3. The van der Waals surface area contributed by atoms with Crippen molar-refractivity contribution in [2.45, 2.75) is 115 Å². The first-order valence-corrected chi connectivity index (χ1v) is 16.3. The molecule has 0 saturated carbocycles. The van der Waals surface area contributed by atoms with Gasteiger partial charge in [0.15, 0.2) is 23.7 Å². The molecule has 2 amide bonds. The number of ether oxygens (including phenoxy) is 4. The number of carbonyl (C=O) groups excluding carboxylic acids is 4. The highest BCUT2D eigenvalue weighted by molar-refractivity contribution is 5.86. The number of nitrogens with zero attached hydrogens (tertiary/aromatic N) is 1. The molecule has 5 rings (SSSR count). The maximum atomic E-state index is 13.2. The zero-order valence-electron chi connectivity index (χ0n) is 28.2. The van der Waals surface area contributed by atoms with E-state index in [4.69, 9.17) is 18.9 Å². The summed E-state index contributed by atoms with van der Waals surface area (Å²) in [6.07, 6.45) is 0.299. The van der Waals surface area contributed by atoms with Crippen molar-refractivity contribution in [3.63, 3.8) is 0 Å². The molecule has 6 atom stereocenters. The lowest BCUT2D eigenvalue weighted by Gasteiger charge is -2.61. The second-order valence-electron chi connectivity index (χ2n) is 14.5. The summed E-state index contributed by atoms with van der Waals surface area (Å²) in [6.45, 7) is 11.0. The number of amides is 2. The molecule has 47 heavy (non-hydrogen) atoms. The second-order valence-corrected chi connectivity index (χ2v) is 14.5. The van der Waals surface area contributed by atoms with Gasteiger partial charge >= 0.3 is 18.0 Å². The Morgan fingerprint density at radius 3 is 2.57 bits per heavy atom. The predicted molar refractivity (Wildman–Crippen MR) is 168 cm³/mol. The van der Waals surface area contributed by atoms with Crippen molar-refractivity contribution < 1.29 is 48.3 Å². The van der Waals surface area contributed by atoms with E-state index in [1.165, 1.54) is 6.92 Å². The Bertz CT molecular complexity index is 1470. The van der Waals surface area contributed by atoms with Gasteiger partial charge < -0.3 is 44.7 Å². The third kappa shape index (κ3) is 6.39. The van der Waals surface area contributed by atoms with E-state index in [-0.39, 0.29) is 42.9 Å². The van der Waals surface area contributed by atoms with Gasteiger partial charge in [0.25, 0.3) is 0 Å². The Morgan fingerprint density at radius 1 is 1.17 bits per heavy atom. The summed E-state index contributed by atoms with van der Waals surface area (Å²) in [5, 5.41) is 28.1. The zero-order valence-corrected chi connectivity index (χ0v) is 28.2. The number of nitrogens with one attached hydrogen (secondary N) is 2. The summed E-state index contributed by atoms with van der Waals surface area (Å²) in [6, 6.07) is 2.40. The third-order valence-electron chi connectivity index (χ3n) is 9.55. The molecule has 4 N–H and O–H groups in total. The maximum Gasteiger partial charge on any atom is 0.408 e. The molecule has 2 aliphatic heterocycles. The molecule has 2 bridgehead atoms. The molecule has 1 aromatic carbocycles. The fourth-order valence-electron chi connectivity index (χ4n) is 7.50. The smallest absolute Gasteiger partial charge is 0.408 e. The van der Waals surface area contributed by atoms with Crippen molar-refractivity contribution in [1.29, 1.82) is 0 Å². The lowest BCUT2D eigenvalue weighted by molar-refractivity contribution is -0.175. The quantitative estimate of drug-likeness (QED) is 0.215. The van der Waals surface area contributed by atoms with Crippen molar-refractivity contribution in [3.8, 4) is 11.5 Å². The average molecular weight is 658 g/mol. The standard InChI is InChI=1S/C34H47N3O10/c1-18(2)16-21(36-31(42)47-32(4,5)6)29(40)35-14-11-25(39)44-19(3)30(41)45-23-10-12-34(43)24-17-20-8-9-22(38)27-26(20)33(34,28(23)46-27)13-15-37(24)7/h8-10,18-19,21,24,28,38,43H,11-17H2,1-7H3,(H,35,40)(H,36,42). The molecule has 2 heterocycles. The van der Waals surface area contributed by atoms with Crippen molar-refractivity contribution in [3.05, 3.63) is 35.1 Å². The van der Waals surface area contributed by atoms with Crippen LogP contribution in [-0.4, -0.2) is 94.7 Å². The van der Waals surface area contributed by atoms with Gasteiger partial charge in [0, 0.05) is 24.6 Å². The van der Waals surface area contributed by atoms with Crippen LogP contribution in [0.4, 0.5) is 4.79 Å². The minimum atomic E-state index is -1.27. The lowest BCUT2D eigenvalue weighted by Crippen LogP contribution is -2.74. The number of phenolic OH excluding ortho intramolecular Hbond substituents is 1. The van der Waals surface area contributed by atoms with Gasteiger partial charge in [-0.25, -0.2) is 9.59 Å². The number of aromatic hydroxyl groups is 1. The van der Waals surface area contributed by atoms with Crippen LogP contribution in [0.1, 0.15) is 78.4 Å². The molecule has 1 saturated heterocycles. The molecule has 1 fully saturated rings. The third-order valence-corrected chi connectivity index (χ3v) is 9.55. The van der Waals surface area contributed by atoms with Crippen LogP contribution in [0.15, 0.2) is 24.0 Å². The number of hydrogen-bond acceptors (Lipinski definition) is 11. The maximum absolute atomic E-state index is 13.2. The van der Waals surface area contributed by atoms with E-state index in [1.54, 1.807) is 32.9 Å². The van der Waals surface area contributed by atoms with Gasteiger partial charge in [0.2, 0.25) is 5.91 Å². The molecule has 13 heteroatoms. The first-order chi connectivity index (χ1) is 22.0. The summed E-state index contributed by atoms with van der Waals surface area (Å²) in [5.74, 6) is -1.46. The van der Waals surface area contributed by atoms with Crippen LogP contribution >= 0.6 is 0 Å². The number of carbonyl (C=O) groups is 4. The van der Waals surface area contributed by atoms with Crippen molar-refractivity contribution in [2.75, 3.05) is 20.1 Å². The molecule has 6 unspecified atom stereocenters. The van der Waals surface area contributed by atoms with Crippen molar-refractivity contribution >= 4 is 23.9 Å². The summed E-state index contributed by atoms with van der Waals surface area (Å²) < 4.78 is 22.7. The second kappa shape index (κ2) is 12.6. The van der Waals surface area contributed by atoms with Crippen LogP contribution in [0, 0.1) is 5.92 Å². The van der Waals surface area contributed by atoms with E-state index in [0.29, 0.717) is 31.6 Å². The van der Waals surface area contributed by atoms with E-state index in [1.807, 2.05) is 27.0 Å². The lowest BCUT2D eigenvalue weighted by atomic mass is 9.50. The van der Waals surface area contributed by atoms with Crippen LogP contribution in [-0.2, 0) is 40.4 Å². The molecule has 4 aliphatic rings. The van der Waals surface area contributed by atoms with Crippen LogP contribution in [0.2, 0.25) is 0 Å². The van der Waals surface area contributed by atoms with E-state index < -0.39 is 58.8 Å². The Morgan fingerprint density at radius 2 is 1.89 bits per heavy atom. The number of alkyl carbamates (subject to hydrolysis) is 1. The molecular formula is C34H47N3O10. The number of rotatable bonds is 10. The van der Waals surface area contributed by atoms with Gasteiger partial charge in [-0.05, 0) is 84.2 Å². The number of benzene rings is 1. The number of likely N-dealkylation sites (tertiary alicyclic amines) is 1. The number of aliphatic hydroxyl groups is 1. The molecule has 0 radical (unpaired) electrons. The van der Waals surface area contributed by atoms with Crippen molar-refractivity contribution in [1.82, 2.24) is 15.5 Å². The molecule has 1 aromatic rings. The highest BCUT2D eigenvalue weighted by Crippen LogP contribution is 2.65. The first kappa shape index (κ1) is 34.5. The largest absolute Gasteiger partial charge is 0.504 e. The molecule has 0 aromatic heterocycles. The molecule has 258 valence electrons. The summed E-state index contributed by atoms with van der Waals surface area (Å²) in [4.78, 5) is 53.0. The topological polar surface area (TPSA) is 173 Å².